The van der Waals surface area contributed by atoms with E-state index < -0.39 is 11.8 Å². The van der Waals surface area contributed by atoms with Crippen molar-refractivity contribution in [3.63, 3.8) is 0 Å². The summed E-state index contributed by atoms with van der Waals surface area (Å²) in [6, 6.07) is 15.3. The predicted octanol–water partition coefficient (Wildman–Crippen LogP) is 6.36. The van der Waals surface area contributed by atoms with Crippen molar-refractivity contribution in [2.24, 2.45) is 0 Å². The van der Waals surface area contributed by atoms with Gasteiger partial charge in [0.2, 0.25) is 0 Å². The van der Waals surface area contributed by atoms with E-state index in [-0.39, 0.29) is 11.3 Å². The smallest absolute Gasteiger partial charge is 0.337 e. The molecule has 0 radical (unpaired) electrons. The Morgan fingerprint density at radius 3 is 2.07 bits per heavy atom. The number of carboxylic acids is 1. The monoisotopic (exact) mass is 604 g/mol. The summed E-state index contributed by atoms with van der Waals surface area (Å²) in [5.74, 6) is -1.57. The van der Waals surface area contributed by atoms with Gasteiger partial charge in [0.15, 0.2) is 0 Å². The third-order valence-electron chi connectivity index (χ3n) is 3.90. The highest BCUT2D eigenvalue weighted by Gasteiger charge is 2.12. The Kier molecular flexibility index (Phi) is 8.05. The van der Waals surface area contributed by atoms with E-state index in [9.17, 15) is 9.18 Å². The largest absolute Gasteiger partial charge is 0.478 e. The second-order valence-corrected chi connectivity index (χ2v) is 8.57. The van der Waals surface area contributed by atoms with Crippen LogP contribution in [-0.4, -0.2) is 11.1 Å². The average Bonchev–Trinajstić information content (AvgIpc) is 2.61. The van der Waals surface area contributed by atoms with Crippen LogP contribution >= 0.6 is 45.2 Å². The third-order valence-corrected chi connectivity index (χ3v) is 5.24. The molecule has 0 aliphatic heterocycles. The van der Waals surface area contributed by atoms with Crippen LogP contribution in [0.5, 0.6) is 0 Å². The Morgan fingerprint density at radius 2 is 1.54 bits per heavy atom. The van der Waals surface area contributed by atoms with E-state index >= 15 is 0 Å². The summed E-state index contributed by atoms with van der Waals surface area (Å²) < 4.78 is 15.6. The van der Waals surface area contributed by atoms with Gasteiger partial charge in [-0.1, -0.05) is 0 Å². The maximum Gasteiger partial charge on any atom is 0.337 e. The zero-order chi connectivity index (χ0) is 20.8. The quantitative estimate of drug-likeness (QED) is 0.240. The number of hydrogen-bond donors (Lipinski definition) is 3. The minimum atomic E-state index is -1.09. The number of benzene rings is 3. The molecule has 28 heavy (non-hydrogen) atoms. The summed E-state index contributed by atoms with van der Waals surface area (Å²) in [6.45, 7) is 3.92. The van der Waals surface area contributed by atoms with E-state index in [1.54, 1.807) is 0 Å². The molecule has 0 amide bonds. The lowest BCUT2D eigenvalue weighted by atomic mass is 10.1. The van der Waals surface area contributed by atoms with Crippen molar-refractivity contribution in [3.05, 3.63) is 84.2 Å². The van der Waals surface area contributed by atoms with Gasteiger partial charge in [-0.05, 0) is 125 Å². The van der Waals surface area contributed by atoms with Gasteiger partial charge in [-0.15, -0.1) is 0 Å². The molecular weight excluding hydrogens is 585 g/mol. The van der Waals surface area contributed by atoms with Crippen molar-refractivity contribution in [3.8, 4) is 0 Å². The lowest BCUT2D eigenvalue weighted by molar-refractivity contribution is 0.0698. The highest BCUT2D eigenvalue weighted by molar-refractivity contribution is 14.1. The molecule has 7 heteroatoms. The molecular formula is C21H19FI2N2O2. The molecule has 3 rings (SSSR count). The van der Waals surface area contributed by atoms with E-state index in [0.717, 1.165) is 32.1 Å². The highest BCUT2D eigenvalue weighted by Crippen LogP contribution is 2.25. The molecule has 146 valence electrons. The molecule has 0 atom stereocenters. The third kappa shape index (κ3) is 6.33. The number of carbonyl (C=O) groups is 1. The van der Waals surface area contributed by atoms with Gasteiger partial charge in [0.25, 0.3) is 0 Å². The Balaban J connectivity index is 0.000000261. The molecule has 0 saturated heterocycles. The van der Waals surface area contributed by atoms with Gasteiger partial charge in [0.05, 0.1) is 11.3 Å². The summed E-state index contributed by atoms with van der Waals surface area (Å²) in [5.41, 5.74) is 9.62. The molecule has 0 aromatic heterocycles. The van der Waals surface area contributed by atoms with Crippen molar-refractivity contribution in [1.82, 2.24) is 0 Å². The van der Waals surface area contributed by atoms with Crippen LogP contribution in [0.25, 0.3) is 0 Å². The Labute approximate surface area is 190 Å². The Morgan fingerprint density at radius 1 is 0.929 bits per heavy atom. The molecule has 4 nitrogen and oxygen atoms in total. The maximum atomic E-state index is 13.2. The molecule has 0 saturated carbocycles. The minimum Gasteiger partial charge on any atom is -0.478 e. The normalized spacial score (nSPS) is 10.0. The summed E-state index contributed by atoms with van der Waals surface area (Å²) >= 11 is 4.46. The minimum absolute atomic E-state index is 0.0411. The van der Waals surface area contributed by atoms with E-state index in [4.69, 9.17) is 10.8 Å². The molecule has 0 bridgehead atoms. The topological polar surface area (TPSA) is 75.3 Å². The van der Waals surface area contributed by atoms with Crippen molar-refractivity contribution in [2.45, 2.75) is 13.8 Å². The first-order valence-corrected chi connectivity index (χ1v) is 10.4. The first-order valence-electron chi connectivity index (χ1n) is 8.25. The highest BCUT2D eigenvalue weighted by atomic mass is 127. The second-order valence-electron chi connectivity index (χ2n) is 6.08. The predicted molar refractivity (Wildman–Crippen MR) is 129 cm³/mol. The van der Waals surface area contributed by atoms with Crippen LogP contribution in [0.15, 0.2) is 54.6 Å². The molecule has 0 aliphatic carbocycles. The van der Waals surface area contributed by atoms with Gasteiger partial charge in [-0.25, -0.2) is 9.18 Å². The number of anilines is 3. The lowest BCUT2D eigenvalue weighted by Gasteiger charge is -2.12. The van der Waals surface area contributed by atoms with E-state index in [1.807, 2.05) is 44.2 Å². The number of nitrogen functional groups attached to an aromatic ring is 1. The number of carboxylic acid groups (broad SMARTS) is 1. The number of nitrogens with one attached hydrogen (secondary N) is 1. The van der Waals surface area contributed by atoms with E-state index in [1.165, 1.54) is 15.7 Å². The van der Waals surface area contributed by atoms with Gasteiger partial charge in [-0.3, -0.25) is 0 Å². The molecule has 0 aliphatic rings. The van der Waals surface area contributed by atoms with Crippen molar-refractivity contribution in [1.29, 1.82) is 0 Å². The van der Waals surface area contributed by atoms with Crippen LogP contribution in [0, 0.1) is 26.8 Å². The van der Waals surface area contributed by atoms with Crippen LogP contribution in [0.2, 0.25) is 0 Å². The molecule has 0 spiro atoms. The van der Waals surface area contributed by atoms with Gasteiger partial charge >= 0.3 is 5.97 Å². The molecule has 4 N–H and O–H groups in total. The number of aryl methyl sites for hydroxylation is 2. The van der Waals surface area contributed by atoms with Crippen LogP contribution in [0.1, 0.15) is 21.5 Å². The first kappa shape index (κ1) is 22.4. The van der Waals surface area contributed by atoms with Gasteiger partial charge < -0.3 is 16.2 Å². The Hall–Kier alpha value is -1.88. The van der Waals surface area contributed by atoms with Gasteiger partial charge in [0.1, 0.15) is 5.82 Å². The summed E-state index contributed by atoms with van der Waals surface area (Å²) in [5, 5.41) is 12.1. The van der Waals surface area contributed by atoms with Gasteiger partial charge in [-0.2, -0.15) is 0 Å². The SMILES string of the molecule is Cc1cc(I)ccc1N.Cc1cc(I)ccc1Nc1cc(F)ccc1C(=O)O. The molecule has 0 unspecified atom stereocenters. The molecule has 0 fully saturated rings. The second kappa shape index (κ2) is 10.1. The zero-order valence-electron chi connectivity index (χ0n) is 15.3. The number of halogens is 3. The number of aromatic carboxylic acids is 1. The number of nitrogens with two attached hydrogens (primary N) is 1. The van der Waals surface area contributed by atoms with Gasteiger partial charge in [0, 0.05) is 18.5 Å². The van der Waals surface area contributed by atoms with Crippen LogP contribution in [-0.2, 0) is 0 Å². The van der Waals surface area contributed by atoms with Crippen LogP contribution in [0.3, 0.4) is 0 Å². The molecule has 3 aromatic carbocycles. The summed E-state index contributed by atoms with van der Waals surface area (Å²) in [4.78, 5) is 11.1. The van der Waals surface area contributed by atoms with E-state index in [2.05, 4.69) is 56.6 Å². The fraction of sp³-hybridized carbons (Fsp3) is 0.0952. The fourth-order valence-electron chi connectivity index (χ4n) is 2.36. The van der Waals surface area contributed by atoms with E-state index in [0.29, 0.717) is 0 Å². The first-order chi connectivity index (χ1) is 13.2. The maximum absolute atomic E-state index is 13.2. The summed E-state index contributed by atoms with van der Waals surface area (Å²) in [7, 11) is 0. The average molecular weight is 604 g/mol. The molecule has 3 aromatic rings. The number of hydrogen-bond acceptors (Lipinski definition) is 3. The van der Waals surface area contributed by atoms with Crippen LogP contribution in [0.4, 0.5) is 21.5 Å². The molecule has 0 heterocycles. The number of rotatable bonds is 3. The zero-order valence-corrected chi connectivity index (χ0v) is 19.6. The van der Waals surface area contributed by atoms with Crippen LogP contribution < -0.4 is 11.1 Å². The Bertz CT molecular complexity index is 1010. The lowest BCUT2D eigenvalue weighted by Crippen LogP contribution is -2.04. The van der Waals surface area contributed by atoms with Crippen molar-refractivity contribution in [2.75, 3.05) is 11.1 Å². The summed E-state index contributed by atoms with van der Waals surface area (Å²) in [6.07, 6.45) is 0. The van der Waals surface area contributed by atoms with Crippen molar-refractivity contribution < 1.29 is 14.3 Å². The fourth-order valence-corrected chi connectivity index (χ4v) is 3.65. The standard InChI is InChI=1S/C14H11FINO2.C7H8IN/c1-8-6-10(16)3-5-12(8)17-13-7-9(15)2-4-11(13)14(18)19;1-5-4-6(8)2-3-7(5)9/h2-7,17H,1H3,(H,18,19);2-4H,9H2,1H3. The van der Waals surface area contributed by atoms with Crippen molar-refractivity contribution >= 4 is 68.2 Å².